The lowest BCUT2D eigenvalue weighted by Crippen LogP contribution is -2.19. The van der Waals surface area contributed by atoms with Crippen molar-refractivity contribution in [2.75, 3.05) is 0 Å². The third-order valence-electron chi connectivity index (χ3n) is 3.26. The molecule has 0 aliphatic rings. The number of hydrogen-bond donors (Lipinski definition) is 0. The molecule has 18 heavy (non-hydrogen) atoms. The highest BCUT2D eigenvalue weighted by atomic mass is 79.9. The molecule has 0 N–H and O–H groups in total. The van der Waals surface area contributed by atoms with Gasteiger partial charge < -0.3 is 0 Å². The first kappa shape index (κ1) is 11.5. The van der Waals surface area contributed by atoms with Crippen molar-refractivity contribution in [2.24, 2.45) is 14.1 Å². The highest BCUT2D eigenvalue weighted by Crippen LogP contribution is 2.30. The van der Waals surface area contributed by atoms with Gasteiger partial charge in [0.15, 0.2) is 0 Å². The number of benzene rings is 1. The summed E-state index contributed by atoms with van der Waals surface area (Å²) < 4.78 is 4.31. The van der Waals surface area contributed by atoms with Gasteiger partial charge in [0.2, 0.25) is 0 Å². The molecule has 1 aromatic carbocycles. The van der Waals surface area contributed by atoms with Crippen LogP contribution in [0.25, 0.3) is 21.8 Å². The Morgan fingerprint density at radius 3 is 2.67 bits per heavy atom. The minimum atomic E-state index is 0.00509. The number of rotatable bonds is 0. The molecule has 0 unspecified atom stereocenters. The maximum atomic E-state index is 12.4. The SMILES string of the molecule is Cc1cc(Br)c2c(c1)c(=O)n(C)c1c2cnn1C. The Balaban J connectivity index is 2.75. The monoisotopic (exact) mass is 305 g/mol. The van der Waals surface area contributed by atoms with Crippen molar-refractivity contribution in [3.05, 3.63) is 38.7 Å². The van der Waals surface area contributed by atoms with Crippen LogP contribution in [0.1, 0.15) is 5.56 Å². The zero-order chi connectivity index (χ0) is 13.0. The van der Waals surface area contributed by atoms with Gasteiger partial charge in [0, 0.05) is 34.7 Å². The third kappa shape index (κ3) is 1.37. The van der Waals surface area contributed by atoms with Gasteiger partial charge >= 0.3 is 0 Å². The summed E-state index contributed by atoms with van der Waals surface area (Å²) in [6, 6.07) is 3.95. The van der Waals surface area contributed by atoms with E-state index in [9.17, 15) is 4.79 Å². The first-order chi connectivity index (χ1) is 8.50. The van der Waals surface area contributed by atoms with Crippen LogP contribution in [0.5, 0.6) is 0 Å². The van der Waals surface area contributed by atoms with Crippen molar-refractivity contribution < 1.29 is 0 Å². The van der Waals surface area contributed by atoms with Crippen LogP contribution in [0, 0.1) is 6.92 Å². The topological polar surface area (TPSA) is 39.8 Å². The van der Waals surface area contributed by atoms with Crippen LogP contribution < -0.4 is 5.56 Å². The molecule has 4 nitrogen and oxygen atoms in total. The molecule has 0 radical (unpaired) electrons. The Morgan fingerprint density at radius 1 is 1.22 bits per heavy atom. The number of nitrogens with zero attached hydrogens (tertiary/aromatic N) is 3. The predicted octanol–water partition coefficient (Wildman–Crippen LogP) is 2.50. The highest BCUT2D eigenvalue weighted by Gasteiger charge is 2.14. The fourth-order valence-electron chi connectivity index (χ4n) is 2.47. The Bertz CT molecular complexity index is 845. The lowest BCUT2D eigenvalue weighted by Gasteiger charge is -2.08. The van der Waals surface area contributed by atoms with Crippen LogP contribution in [0.2, 0.25) is 0 Å². The van der Waals surface area contributed by atoms with E-state index in [2.05, 4.69) is 21.0 Å². The van der Waals surface area contributed by atoms with Crippen LogP contribution in [0.15, 0.2) is 27.6 Å². The van der Waals surface area contributed by atoms with Crippen LogP contribution in [-0.2, 0) is 14.1 Å². The first-order valence-electron chi connectivity index (χ1n) is 5.61. The van der Waals surface area contributed by atoms with E-state index < -0.39 is 0 Å². The molecule has 3 aromatic rings. The molecular formula is C13H12BrN3O. The highest BCUT2D eigenvalue weighted by molar-refractivity contribution is 9.10. The smallest absolute Gasteiger partial charge is 0.259 e. The Morgan fingerprint density at radius 2 is 1.94 bits per heavy atom. The molecule has 0 amide bonds. The van der Waals surface area contributed by atoms with E-state index in [4.69, 9.17) is 0 Å². The molecule has 2 aromatic heterocycles. The summed E-state index contributed by atoms with van der Waals surface area (Å²) in [7, 11) is 3.62. The maximum absolute atomic E-state index is 12.4. The minimum absolute atomic E-state index is 0.00509. The van der Waals surface area contributed by atoms with Gasteiger partial charge in [-0.3, -0.25) is 14.0 Å². The second-order valence-electron chi connectivity index (χ2n) is 4.54. The third-order valence-corrected chi connectivity index (χ3v) is 3.89. The molecule has 0 saturated carbocycles. The van der Waals surface area contributed by atoms with Gasteiger partial charge in [-0.25, -0.2) is 0 Å². The van der Waals surface area contributed by atoms with Gasteiger partial charge in [0.1, 0.15) is 5.65 Å². The van der Waals surface area contributed by atoms with Crippen molar-refractivity contribution in [1.82, 2.24) is 14.3 Å². The Kier molecular flexibility index (Phi) is 2.35. The Labute approximate surface area is 112 Å². The number of halogens is 1. The zero-order valence-corrected chi connectivity index (χ0v) is 11.9. The maximum Gasteiger partial charge on any atom is 0.259 e. The van der Waals surface area contributed by atoms with E-state index in [1.54, 1.807) is 22.5 Å². The van der Waals surface area contributed by atoms with E-state index >= 15 is 0 Å². The van der Waals surface area contributed by atoms with E-state index in [1.807, 2.05) is 26.1 Å². The minimum Gasteiger partial charge on any atom is -0.296 e. The molecule has 0 aliphatic heterocycles. The van der Waals surface area contributed by atoms with Crippen LogP contribution >= 0.6 is 15.9 Å². The van der Waals surface area contributed by atoms with Crippen molar-refractivity contribution in [3.63, 3.8) is 0 Å². The molecule has 0 bridgehead atoms. The van der Waals surface area contributed by atoms with Gasteiger partial charge in [-0.2, -0.15) is 5.10 Å². The summed E-state index contributed by atoms with van der Waals surface area (Å²) in [6.07, 6.45) is 1.80. The molecule has 2 heterocycles. The largest absolute Gasteiger partial charge is 0.296 e. The van der Waals surface area contributed by atoms with Crippen molar-refractivity contribution in [1.29, 1.82) is 0 Å². The predicted molar refractivity (Wildman–Crippen MR) is 75.9 cm³/mol. The summed E-state index contributed by atoms with van der Waals surface area (Å²) in [6.45, 7) is 1.98. The van der Waals surface area contributed by atoms with Gasteiger partial charge in [-0.1, -0.05) is 15.9 Å². The molecule has 5 heteroatoms. The number of fused-ring (bicyclic) bond motifs is 3. The average Bonchev–Trinajstić information content (AvgIpc) is 2.67. The molecular weight excluding hydrogens is 294 g/mol. The van der Waals surface area contributed by atoms with Gasteiger partial charge in [0.25, 0.3) is 5.56 Å². The molecule has 0 atom stereocenters. The van der Waals surface area contributed by atoms with E-state index in [0.29, 0.717) is 0 Å². The molecule has 3 rings (SSSR count). The second-order valence-corrected chi connectivity index (χ2v) is 5.39. The zero-order valence-electron chi connectivity index (χ0n) is 10.4. The van der Waals surface area contributed by atoms with Crippen molar-refractivity contribution in [3.8, 4) is 0 Å². The number of aromatic nitrogens is 3. The van der Waals surface area contributed by atoms with Gasteiger partial charge in [0.05, 0.1) is 6.20 Å². The lowest BCUT2D eigenvalue weighted by atomic mass is 10.1. The van der Waals surface area contributed by atoms with Gasteiger partial charge in [-0.05, 0) is 24.6 Å². The Hall–Kier alpha value is -1.62. The summed E-state index contributed by atoms with van der Waals surface area (Å²) in [4.78, 5) is 12.4. The van der Waals surface area contributed by atoms with E-state index in [0.717, 1.165) is 31.8 Å². The number of hydrogen-bond acceptors (Lipinski definition) is 2. The average molecular weight is 306 g/mol. The fourth-order valence-corrected chi connectivity index (χ4v) is 3.25. The normalized spacial score (nSPS) is 11.6. The summed E-state index contributed by atoms with van der Waals surface area (Å²) in [5.41, 5.74) is 1.90. The standard InChI is InChI=1S/C13H12BrN3O/c1-7-4-8-11(10(14)5-7)9-6-15-17(3)12(9)16(2)13(8)18/h4-6H,1-3H3. The quantitative estimate of drug-likeness (QED) is 0.640. The summed E-state index contributed by atoms with van der Waals surface area (Å²) in [5, 5.41) is 6.90. The van der Waals surface area contributed by atoms with Gasteiger partial charge in [-0.15, -0.1) is 0 Å². The number of pyridine rings is 1. The molecule has 0 fully saturated rings. The van der Waals surface area contributed by atoms with E-state index in [-0.39, 0.29) is 5.56 Å². The summed E-state index contributed by atoms with van der Waals surface area (Å²) >= 11 is 3.55. The van der Waals surface area contributed by atoms with Crippen molar-refractivity contribution >= 4 is 37.7 Å². The summed E-state index contributed by atoms with van der Waals surface area (Å²) in [5.74, 6) is 0. The first-order valence-corrected chi connectivity index (χ1v) is 6.40. The molecule has 0 spiro atoms. The van der Waals surface area contributed by atoms with Crippen molar-refractivity contribution in [2.45, 2.75) is 6.92 Å². The lowest BCUT2D eigenvalue weighted by molar-refractivity contribution is 0.749. The molecule has 92 valence electrons. The van der Waals surface area contributed by atoms with Crippen LogP contribution in [0.4, 0.5) is 0 Å². The van der Waals surface area contributed by atoms with E-state index in [1.165, 1.54) is 0 Å². The second kappa shape index (κ2) is 3.68. The fraction of sp³-hybridized carbons (Fsp3) is 0.231. The van der Waals surface area contributed by atoms with Crippen LogP contribution in [0.3, 0.4) is 0 Å². The molecule has 0 aliphatic carbocycles. The number of aryl methyl sites for hydroxylation is 3. The molecule has 0 saturated heterocycles. The van der Waals surface area contributed by atoms with Crippen LogP contribution in [-0.4, -0.2) is 14.3 Å².